The normalized spacial score (nSPS) is 28.0. The van der Waals surface area contributed by atoms with Crippen LogP contribution in [0.2, 0.25) is 0 Å². The van der Waals surface area contributed by atoms with E-state index in [4.69, 9.17) is 4.74 Å². The molecular weight excluding hydrogens is 396 g/mol. The van der Waals surface area contributed by atoms with Crippen molar-refractivity contribution in [1.29, 1.82) is 0 Å². The molecule has 2 aromatic rings. The van der Waals surface area contributed by atoms with E-state index in [2.05, 4.69) is 0 Å². The quantitative estimate of drug-likeness (QED) is 0.569. The monoisotopic (exact) mass is 420 g/mol. The minimum atomic E-state index is -2.83. The molecule has 6 heteroatoms. The third-order valence-electron chi connectivity index (χ3n) is 6.59. The van der Waals surface area contributed by atoms with Gasteiger partial charge in [-0.3, -0.25) is 4.79 Å². The second-order valence-electron chi connectivity index (χ2n) is 8.47. The fourth-order valence-corrected chi connectivity index (χ4v) is 4.69. The fraction of sp³-hybridized carbons (Fsp3) is 0.458. The Morgan fingerprint density at radius 3 is 2.40 bits per heavy atom. The molecule has 1 saturated heterocycles. The number of carbonyl (C=O) groups excluding carboxylic acids is 1. The van der Waals surface area contributed by atoms with Gasteiger partial charge in [0.25, 0.3) is 5.92 Å². The van der Waals surface area contributed by atoms with Gasteiger partial charge in [-0.1, -0.05) is 31.2 Å². The topological polar surface area (TPSA) is 26.3 Å². The molecule has 2 unspecified atom stereocenters. The summed E-state index contributed by atoms with van der Waals surface area (Å²) in [4.78, 5) is 12.8. The van der Waals surface area contributed by atoms with Crippen LogP contribution in [-0.2, 0) is 16.0 Å². The van der Waals surface area contributed by atoms with Gasteiger partial charge in [-0.05, 0) is 47.6 Å². The minimum Gasteiger partial charge on any atom is -0.370 e. The van der Waals surface area contributed by atoms with Crippen molar-refractivity contribution < 1.29 is 27.1 Å². The van der Waals surface area contributed by atoms with Gasteiger partial charge in [-0.15, -0.1) is 0 Å². The molecule has 2 fully saturated rings. The Balaban J connectivity index is 1.62. The van der Waals surface area contributed by atoms with Crippen LogP contribution in [0.5, 0.6) is 0 Å². The first-order valence-electron chi connectivity index (χ1n) is 10.3. The number of halogens is 4. The van der Waals surface area contributed by atoms with Gasteiger partial charge in [-0.2, -0.15) is 0 Å². The number of ketones is 1. The highest BCUT2D eigenvalue weighted by Gasteiger charge is 2.51. The molecule has 4 rings (SSSR count). The molecular formula is C24H24F4O2. The number of hydrogen-bond acceptors (Lipinski definition) is 2. The third kappa shape index (κ3) is 4.15. The van der Waals surface area contributed by atoms with Crippen molar-refractivity contribution in [3.63, 3.8) is 0 Å². The summed E-state index contributed by atoms with van der Waals surface area (Å²) in [5.74, 6) is -6.20. The number of hydrogen-bond donors (Lipinski definition) is 0. The molecule has 1 heterocycles. The van der Waals surface area contributed by atoms with Crippen molar-refractivity contribution >= 4 is 5.78 Å². The molecule has 0 amide bonds. The molecule has 0 aromatic heterocycles. The Kier molecular flexibility index (Phi) is 5.71. The summed E-state index contributed by atoms with van der Waals surface area (Å²) in [6.45, 7) is 2.04. The lowest BCUT2D eigenvalue weighted by Crippen LogP contribution is -2.49. The number of carbonyl (C=O) groups is 1. The Morgan fingerprint density at radius 2 is 1.77 bits per heavy atom. The van der Waals surface area contributed by atoms with E-state index < -0.39 is 41.4 Å². The predicted octanol–water partition coefficient (Wildman–Crippen LogP) is 5.83. The first-order valence-corrected chi connectivity index (χ1v) is 10.3. The van der Waals surface area contributed by atoms with Gasteiger partial charge in [0.15, 0.2) is 5.78 Å². The van der Waals surface area contributed by atoms with Gasteiger partial charge >= 0.3 is 0 Å². The maximum absolute atomic E-state index is 14.5. The van der Waals surface area contributed by atoms with Crippen LogP contribution in [0.1, 0.15) is 31.7 Å². The molecule has 0 radical (unpaired) electrons. The van der Waals surface area contributed by atoms with Crippen LogP contribution in [0.4, 0.5) is 17.6 Å². The lowest BCUT2D eigenvalue weighted by atomic mass is 9.66. The Hall–Kier alpha value is -2.21. The number of ether oxygens (including phenoxy) is 1. The largest absolute Gasteiger partial charge is 0.370 e. The summed E-state index contributed by atoms with van der Waals surface area (Å²) in [6.07, 6.45) is 0.322. The van der Waals surface area contributed by atoms with E-state index in [9.17, 15) is 22.4 Å². The lowest BCUT2D eigenvalue weighted by molar-refractivity contribution is -0.161. The van der Waals surface area contributed by atoms with Crippen molar-refractivity contribution in [1.82, 2.24) is 0 Å². The first kappa shape index (κ1) is 21.0. The van der Waals surface area contributed by atoms with E-state index >= 15 is 0 Å². The fourth-order valence-electron chi connectivity index (χ4n) is 4.69. The number of Topliss-reactive ketones (excluding diaryl/α,β-unsaturated/α-hetero) is 1. The van der Waals surface area contributed by atoms with Crippen LogP contribution in [0.3, 0.4) is 0 Å². The van der Waals surface area contributed by atoms with Crippen LogP contribution in [-0.4, -0.2) is 24.4 Å². The van der Waals surface area contributed by atoms with E-state index in [1.54, 1.807) is 24.3 Å². The molecule has 0 bridgehead atoms. The van der Waals surface area contributed by atoms with Gasteiger partial charge in [0.05, 0.1) is 6.61 Å². The van der Waals surface area contributed by atoms with E-state index in [0.29, 0.717) is 30.6 Å². The lowest BCUT2D eigenvalue weighted by Gasteiger charge is -2.42. The van der Waals surface area contributed by atoms with Crippen molar-refractivity contribution in [3.8, 4) is 11.1 Å². The second kappa shape index (κ2) is 8.14. The van der Waals surface area contributed by atoms with Gasteiger partial charge < -0.3 is 4.74 Å². The number of benzene rings is 2. The van der Waals surface area contributed by atoms with Crippen LogP contribution in [0, 0.1) is 29.4 Å². The standard InChI is InChI=1S/C24H24F4O2/c1-14-21(20(5-7-24(14,27)28)23(29)22-6-8-30-22)10-15-3-2-4-16(9-15)17-11-18(25)13-19(26)12-17/h2-4,9,11-14,20-22H,5-8,10H2,1H3/t14-,20?,21+,22?/m1/s1. The molecule has 1 aliphatic heterocycles. The highest BCUT2D eigenvalue weighted by atomic mass is 19.3. The van der Waals surface area contributed by atoms with E-state index in [1.807, 2.05) is 0 Å². The summed E-state index contributed by atoms with van der Waals surface area (Å²) in [6, 6.07) is 10.3. The van der Waals surface area contributed by atoms with Crippen molar-refractivity contribution in [2.24, 2.45) is 17.8 Å². The maximum Gasteiger partial charge on any atom is 0.251 e. The third-order valence-corrected chi connectivity index (χ3v) is 6.59. The average molecular weight is 420 g/mol. The Bertz CT molecular complexity index is 918. The van der Waals surface area contributed by atoms with Crippen LogP contribution < -0.4 is 0 Å². The van der Waals surface area contributed by atoms with Crippen LogP contribution in [0.15, 0.2) is 42.5 Å². The zero-order chi connectivity index (χ0) is 21.5. The van der Waals surface area contributed by atoms with Gasteiger partial charge in [-0.25, -0.2) is 17.6 Å². The maximum atomic E-state index is 14.5. The van der Waals surface area contributed by atoms with Crippen LogP contribution in [0.25, 0.3) is 11.1 Å². The molecule has 160 valence electrons. The summed E-state index contributed by atoms with van der Waals surface area (Å²) in [5, 5.41) is 0. The summed E-state index contributed by atoms with van der Waals surface area (Å²) < 4.78 is 61.5. The zero-order valence-corrected chi connectivity index (χ0v) is 16.7. The molecule has 2 nitrogen and oxygen atoms in total. The molecule has 1 aliphatic carbocycles. The molecule has 0 spiro atoms. The zero-order valence-electron chi connectivity index (χ0n) is 16.7. The number of alkyl halides is 2. The summed E-state index contributed by atoms with van der Waals surface area (Å²) >= 11 is 0. The van der Waals surface area contributed by atoms with Gasteiger partial charge in [0.1, 0.15) is 17.7 Å². The van der Waals surface area contributed by atoms with Crippen molar-refractivity contribution in [2.75, 3.05) is 6.61 Å². The second-order valence-corrected chi connectivity index (χ2v) is 8.47. The van der Waals surface area contributed by atoms with Gasteiger partial charge in [0.2, 0.25) is 0 Å². The SMILES string of the molecule is C[C@@H]1[C@H](Cc2cccc(-c3cc(F)cc(F)c3)c2)C(C(=O)C2CCO2)CCC1(F)F. The Labute approximate surface area is 173 Å². The molecule has 4 atom stereocenters. The molecule has 2 aromatic carbocycles. The average Bonchev–Trinajstić information content (AvgIpc) is 2.64. The smallest absolute Gasteiger partial charge is 0.251 e. The highest BCUT2D eigenvalue weighted by Crippen LogP contribution is 2.47. The van der Waals surface area contributed by atoms with E-state index in [1.165, 1.54) is 19.1 Å². The van der Waals surface area contributed by atoms with E-state index in [-0.39, 0.29) is 18.6 Å². The summed E-state index contributed by atoms with van der Waals surface area (Å²) in [5.41, 5.74) is 1.75. The highest BCUT2D eigenvalue weighted by molar-refractivity contribution is 5.86. The molecule has 0 N–H and O–H groups in total. The van der Waals surface area contributed by atoms with Crippen molar-refractivity contribution in [2.45, 2.75) is 44.6 Å². The van der Waals surface area contributed by atoms with E-state index in [0.717, 1.165) is 11.6 Å². The Morgan fingerprint density at radius 1 is 1.07 bits per heavy atom. The summed E-state index contributed by atoms with van der Waals surface area (Å²) in [7, 11) is 0. The van der Waals surface area contributed by atoms with Crippen molar-refractivity contribution in [3.05, 3.63) is 59.7 Å². The molecule has 1 saturated carbocycles. The molecule has 2 aliphatic rings. The van der Waals surface area contributed by atoms with Crippen LogP contribution >= 0.6 is 0 Å². The predicted molar refractivity (Wildman–Crippen MR) is 105 cm³/mol. The number of rotatable bonds is 5. The minimum absolute atomic E-state index is 0.0723. The van der Waals surface area contributed by atoms with Gasteiger partial charge in [0, 0.05) is 30.7 Å². The molecule has 30 heavy (non-hydrogen) atoms. The first-order chi connectivity index (χ1) is 14.2.